The van der Waals surface area contributed by atoms with Gasteiger partial charge in [0.05, 0.1) is 6.54 Å². The van der Waals surface area contributed by atoms with E-state index < -0.39 is 0 Å². The Morgan fingerprint density at radius 2 is 2.10 bits per heavy atom. The minimum absolute atomic E-state index is 0.105. The molecule has 1 aromatic carbocycles. The fraction of sp³-hybridized carbons (Fsp3) is 0.533. The minimum atomic E-state index is -0.105. The molecule has 2 rings (SSSR count). The molecule has 0 aromatic heterocycles. The molecule has 0 bridgehead atoms. The Morgan fingerprint density at radius 1 is 1.30 bits per heavy atom. The monoisotopic (exact) mass is 296 g/mol. The Bertz CT molecular complexity index is 434. The SMILES string of the molecule is O=C(NCCOc1cccc(Cl)c1)NC1CCCCC1. The van der Waals surface area contributed by atoms with Gasteiger partial charge < -0.3 is 15.4 Å². The molecule has 1 saturated carbocycles. The van der Waals surface area contributed by atoms with Crippen LogP contribution in [0.3, 0.4) is 0 Å². The van der Waals surface area contributed by atoms with Crippen molar-refractivity contribution in [3.63, 3.8) is 0 Å². The second-order valence-electron chi connectivity index (χ2n) is 5.04. The molecule has 4 nitrogen and oxygen atoms in total. The molecule has 2 amide bonds. The quantitative estimate of drug-likeness (QED) is 0.819. The summed E-state index contributed by atoms with van der Waals surface area (Å²) < 4.78 is 5.50. The van der Waals surface area contributed by atoms with Gasteiger partial charge in [-0.15, -0.1) is 0 Å². The van der Waals surface area contributed by atoms with Crippen LogP contribution in [-0.4, -0.2) is 25.2 Å². The van der Waals surface area contributed by atoms with Crippen LogP contribution >= 0.6 is 11.6 Å². The summed E-state index contributed by atoms with van der Waals surface area (Å²) in [5.74, 6) is 0.715. The highest BCUT2D eigenvalue weighted by atomic mass is 35.5. The van der Waals surface area contributed by atoms with Crippen molar-refractivity contribution in [1.82, 2.24) is 10.6 Å². The Labute approximate surface area is 124 Å². The van der Waals surface area contributed by atoms with Crippen LogP contribution in [0.2, 0.25) is 5.02 Å². The summed E-state index contributed by atoms with van der Waals surface area (Å²) in [7, 11) is 0. The van der Waals surface area contributed by atoms with Crippen LogP contribution in [0.4, 0.5) is 4.79 Å². The molecule has 5 heteroatoms. The lowest BCUT2D eigenvalue weighted by atomic mass is 9.96. The summed E-state index contributed by atoms with van der Waals surface area (Å²) >= 11 is 5.86. The predicted molar refractivity (Wildman–Crippen MR) is 80.4 cm³/mol. The number of hydrogen-bond acceptors (Lipinski definition) is 2. The first-order valence-electron chi connectivity index (χ1n) is 7.17. The molecule has 0 radical (unpaired) electrons. The van der Waals surface area contributed by atoms with Gasteiger partial charge in [0.2, 0.25) is 0 Å². The van der Waals surface area contributed by atoms with Crippen molar-refractivity contribution in [2.24, 2.45) is 0 Å². The summed E-state index contributed by atoms with van der Waals surface area (Å²) in [6.07, 6.45) is 5.89. The van der Waals surface area contributed by atoms with E-state index in [-0.39, 0.29) is 6.03 Å². The van der Waals surface area contributed by atoms with E-state index in [0.29, 0.717) is 30.0 Å². The summed E-state index contributed by atoms with van der Waals surface area (Å²) in [5.41, 5.74) is 0. The molecule has 0 aliphatic heterocycles. The van der Waals surface area contributed by atoms with Crippen LogP contribution in [0.5, 0.6) is 5.75 Å². The minimum Gasteiger partial charge on any atom is -0.492 e. The third-order valence-corrected chi connectivity index (χ3v) is 3.63. The molecule has 0 atom stereocenters. The molecular formula is C15H21ClN2O2. The molecule has 0 unspecified atom stereocenters. The molecule has 2 N–H and O–H groups in total. The van der Waals surface area contributed by atoms with E-state index in [2.05, 4.69) is 10.6 Å². The topological polar surface area (TPSA) is 50.4 Å². The first-order chi connectivity index (χ1) is 9.74. The number of amides is 2. The van der Waals surface area contributed by atoms with Gasteiger partial charge in [0.1, 0.15) is 12.4 Å². The molecule has 1 aliphatic carbocycles. The summed E-state index contributed by atoms with van der Waals surface area (Å²) in [6.45, 7) is 0.906. The number of ether oxygens (including phenoxy) is 1. The zero-order valence-corrected chi connectivity index (χ0v) is 12.3. The fourth-order valence-electron chi connectivity index (χ4n) is 2.37. The number of benzene rings is 1. The van der Waals surface area contributed by atoms with Gasteiger partial charge in [0.25, 0.3) is 0 Å². The zero-order valence-electron chi connectivity index (χ0n) is 11.5. The molecule has 110 valence electrons. The average molecular weight is 297 g/mol. The number of carbonyl (C=O) groups is 1. The van der Waals surface area contributed by atoms with E-state index in [1.54, 1.807) is 12.1 Å². The van der Waals surface area contributed by atoms with Crippen LogP contribution < -0.4 is 15.4 Å². The van der Waals surface area contributed by atoms with Gasteiger partial charge in [-0.05, 0) is 31.0 Å². The third kappa shape index (κ3) is 5.29. The molecule has 20 heavy (non-hydrogen) atoms. The molecule has 0 saturated heterocycles. The van der Waals surface area contributed by atoms with Crippen molar-refractivity contribution in [3.8, 4) is 5.75 Å². The predicted octanol–water partition coefficient (Wildman–Crippen LogP) is 3.35. The highest BCUT2D eigenvalue weighted by molar-refractivity contribution is 6.30. The highest BCUT2D eigenvalue weighted by Crippen LogP contribution is 2.17. The van der Waals surface area contributed by atoms with Gasteiger partial charge in [-0.25, -0.2) is 4.79 Å². The van der Waals surface area contributed by atoms with Crippen molar-refractivity contribution < 1.29 is 9.53 Å². The van der Waals surface area contributed by atoms with Crippen molar-refractivity contribution >= 4 is 17.6 Å². The summed E-state index contributed by atoms with van der Waals surface area (Å²) in [5, 5.41) is 6.45. The number of halogens is 1. The molecule has 0 heterocycles. The number of rotatable bonds is 5. The average Bonchev–Trinajstić information content (AvgIpc) is 2.45. The van der Waals surface area contributed by atoms with Gasteiger partial charge in [0, 0.05) is 11.1 Å². The number of carbonyl (C=O) groups excluding carboxylic acids is 1. The number of nitrogens with one attached hydrogen (secondary N) is 2. The standard InChI is InChI=1S/C15H21ClN2O2/c16-12-5-4-8-14(11-12)20-10-9-17-15(19)18-13-6-2-1-3-7-13/h4-5,8,11,13H,1-3,6-7,9-10H2,(H2,17,18,19). The summed E-state index contributed by atoms with van der Waals surface area (Å²) in [6, 6.07) is 7.45. The van der Waals surface area contributed by atoms with Gasteiger partial charge in [0.15, 0.2) is 0 Å². The maximum absolute atomic E-state index is 11.7. The van der Waals surface area contributed by atoms with Crippen LogP contribution in [0.25, 0.3) is 0 Å². The Morgan fingerprint density at radius 3 is 2.85 bits per heavy atom. The van der Waals surface area contributed by atoms with Crippen LogP contribution in [-0.2, 0) is 0 Å². The van der Waals surface area contributed by atoms with Crippen LogP contribution in [0, 0.1) is 0 Å². The van der Waals surface area contributed by atoms with Gasteiger partial charge in [-0.2, -0.15) is 0 Å². The Balaban J connectivity index is 1.59. The maximum Gasteiger partial charge on any atom is 0.315 e. The van der Waals surface area contributed by atoms with Crippen molar-refractivity contribution in [1.29, 1.82) is 0 Å². The van der Waals surface area contributed by atoms with Gasteiger partial charge in [-0.3, -0.25) is 0 Å². The first kappa shape index (κ1) is 15.0. The highest BCUT2D eigenvalue weighted by Gasteiger charge is 2.14. The summed E-state index contributed by atoms with van der Waals surface area (Å²) in [4.78, 5) is 11.7. The largest absolute Gasteiger partial charge is 0.492 e. The van der Waals surface area contributed by atoms with Crippen molar-refractivity contribution in [2.45, 2.75) is 38.1 Å². The van der Waals surface area contributed by atoms with Crippen molar-refractivity contribution in [2.75, 3.05) is 13.2 Å². The first-order valence-corrected chi connectivity index (χ1v) is 7.54. The molecule has 0 spiro atoms. The lowest BCUT2D eigenvalue weighted by molar-refractivity contribution is 0.228. The van der Waals surface area contributed by atoms with E-state index in [1.807, 2.05) is 12.1 Å². The second-order valence-corrected chi connectivity index (χ2v) is 5.48. The maximum atomic E-state index is 11.7. The zero-order chi connectivity index (χ0) is 14.2. The van der Waals surface area contributed by atoms with Gasteiger partial charge in [-0.1, -0.05) is 36.9 Å². The number of hydrogen-bond donors (Lipinski definition) is 2. The van der Waals surface area contributed by atoms with E-state index in [1.165, 1.54) is 19.3 Å². The second kappa shape index (κ2) is 8.00. The lowest BCUT2D eigenvalue weighted by Crippen LogP contribution is -2.44. The van der Waals surface area contributed by atoms with Crippen LogP contribution in [0.1, 0.15) is 32.1 Å². The van der Waals surface area contributed by atoms with E-state index in [4.69, 9.17) is 16.3 Å². The Hall–Kier alpha value is -1.42. The fourth-order valence-corrected chi connectivity index (χ4v) is 2.55. The smallest absolute Gasteiger partial charge is 0.315 e. The normalized spacial score (nSPS) is 15.7. The lowest BCUT2D eigenvalue weighted by Gasteiger charge is -2.22. The van der Waals surface area contributed by atoms with Crippen LogP contribution in [0.15, 0.2) is 24.3 Å². The molecule has 1 aromatic rings. The Kier molecular flexibility index (Phi) is 5.99. The van der Waals surface area contributed by atoms with E-state index in [0.717, 1.165) is 12.8 Å². The van der Waals surface area contributed by atoms with Gasteiger partial charge >= 0.3 is 6.03 Å². The molecule has 1 aliphatic rings. The van der Waals surface area contributed by atoms with Crippen molar-refractivity contribution in [3.05, 3.63) is 29.3 Å². The molecular weight excluding hydrogens is 276 g/mol. The van der Waals surface area contributed by atoms with E-state index >= 15 is 0 Å². The molecule has 1 fully saturated rings. The van der Waals surface area contributed by atoms with E-state index in [9.17, 15) is 4.79 Å². The number of urea groups is 1. The third-order valence-electron chi connectivity index (χ3n) is 3.39.